The maximum absolute atomic E-state index is 13.7. The van der Waals surface area contributed by atoms with E-state index < -0.39 is 5.41 Å². The zero-order valence-electron chi connectivity index (χ0n) is 19.6. The van der Waals surface area contributed by atoms with Gasteiger partial charge in [0.15, 0.2) is 0 Å². The average molecular weight is 417 g/mol. The molecule has 8 atom stereocenters. The minimum Gasteiger partial charge on any atom is -0.469 e. The number of Topliss-reactive ketones (excluding diaryl/α,β-unsaturated/α-hetero) is 2. The van der Waals surface area contributed by atoms with Crippen LogP contribution in [-0.4, -0.2) is 24.6 Å². The molecule has 4 nitrogen and oxygen atoms in total. The first-order valence-corrected chi connectivity index (χ1v) is 12.3. The Balaban J connectivity index is 1.71. The lowest BCUT2D eigenvalue weighted by Gasteiger charge is -2.63. The molecule has 0 radical (unpaired) electrons. The lowest BCUT2D eigenvalue weighted by atomic mass is 9.39. The van der Waals surface area contributed by atoms with Gasteiger partial charge in [0, 0.05) is 25.2 Å². The van der Waals surface area contributed by atoms with Gasteiger partial charge >= 0.3 is 5.97 Å². The van der Waals surface area contributed by atoms with E-state index in [9.17, 15) is 14.4 Å². The number of esters is 1. The molecule has 0 spiro atoms. The van der Waals surface area contributed by atoms with Crippen LogP contribution in [0.15, 0.2) is 0 Å². The predicted molar refractivity (Wildman–Crippen MR) is 116 cm³/mol. The maximum atomic E-state index is 13.7. The molecule has 0 bridgehead atoms. The van der Waals surface area contributed by atoms with Gasteiger partial charge in [0.2, 0.25) is 0 Å². The highest BCUT2D eigenvalue weighted by Crippen LogP contribution is 2.70. The van der Waals surface area contributed by atoms with Crippen LogP contribution in [0.5, 0.6) is 0 Å². The third kappa shape index (κ3) is 2.80. The summed E-state index contributed by atoms with van der Waals surface area (Å²) in [6.45, 7) is 9.34. The Kier molecular flexibility index (Phi) is 5.47. The Morgan fingerprint density at radius 2 is 1.83 bits per heavy atom. The number of rotatable bonds is 4. The fourth-order valence-electron chi connectivity index (χ4n) is 8.99. The van der Waals surface area contributed by atoms with Crippen molar-refractivity contribution in [3.63, 3.8) is 0 Å². The van der Waals surface area contributed by atoms with E-state index >= 15 is 0 Å². The molecule has 4 heteroatoms. The summed E-state index contributed by atoms with van der Waals surface area (Å²) in [4.78, 5) is 39.2. The standard InChI is InChI=1S/C26H40O4/c1-6-7-16(2)18-8-9-19-22-20(11-12-24(18,19)3)25(4)13-10-17(27)14-26(25,15-21(22)28)23(29)30-5/h16,18-20,22H,6-15H2,1-5H3/t16-,18-,19+,20+,22+,24-,25-,26?/m1/s1. The van der Waals surface area contributed by atoms with Crippen LogP contribution in [-0.2, 0) is 19.1 Å². The van der Waals surface area contributed by atoms with Crippen molar-refractivity contribution >= 4 is 17.5 Å². The second-order valence-corrected chi connectivity index (χ2v) is 11.6. The molecular weight excluding hydrogens is 376 g/mol. The molecule has 0 amide bonds. The number of carbonyl (C=O) groups excluding carboxylic acids is 3. The van der Waals surface area contributed by atoms with E-state index in [-0.39, 0.29) is 53.0 Å². The van der Waals surface area contributed by atoms with E-state index in [1.807, 2.05) is 0 Å². The number of ketones is 2. The van der Waals surface area contributed by atoms with Gasteiger partial charge in [-0.25, -0.2) is 0 Å². The van der Waals surface area contributed by atoms with Crippen molar-refractivity contribution in [3.05, 3.63) is 0 Å². The van der Waals surface area contributed by atoms with Crippen LogP contribution in [0.2, 0.25) is 0 Å². The van der Waals surface area contributed by atoms with Gasteiger partial charge in [0.1, 0.15) is 11.6 Å². The number of methoxy groups -OCH3 is 1. The number of carbonyl (C=O) groups is 3. The van der Waals surface area contributed by atoms with Gasteiger partial charge in [-0.3, -0.25) is 14.4 Å². The van der Waals surface area contributed by atoms with Gasteiger partial charge < -0.3 is 4.74 Å². The lowest BCUT2D eigenvalue weighted by molar-refractivity contribution is -0.197. The first-order valence-electron chi connectivity index (χ1n) is 12.3. The number of hydrogen-bond donors (Lipinski definition) is 0. The van der Waals surface area contributed by atoms with E-state index in [0.29, 0.717) is 30.6 Å². The molecule has 0 aromatic carbocycles. The van der Waals surface area contributed by atoms with E-state index in [4.69, 9.17) is 4.74 Å². The van der Waals surface area contributed by atoms with E-state index in [1.165, 1.54) is 26.4 Å². The molecule has 4 rings (SSSR count). The Labute approximate surface area is 181 Å². The second kappa shape index (κ2) is 7.45. The minimum absolute atomic E-state index is 0.0542. The minimum atomic E-state index is -0.948. The van der Waals surface area contributed by atoms with Crippen molar-refractivity contribution in [1.82, 2.24) is 0 Å². The Morgan fingerprint density at radius 3 is 2.50 bits per heavy atom. The van der Waals surface area contributed by atoms with Gasteiger partial charge in [0.05, 0.1) is 12.5 Å². The van der Waals surface area contributed by atoms with Crippen molar-refractivity contribution in [1.29, 1.82) is 0 Å². The van der Waals surface area contributed by atoms with Gasteiger partial charge in [-0.15, -0.1) is 0 Å². The quantitative estimate of drug-likeness (QED) is 0.578. The van der Waals surface area contributed by atoms with Crippen LogP contribution in [0.3, 0.4) is 0 Å². The molecule has 0 aromatic rings. The number of fused-ring (bicyclic) bond motifs is 5. The molecule has 168 valence electrons. The van der Waals surface area contributed by atoms with Crippen LogP contribution >= 0.6 is 0 Å². The van der Waals surface area contributed by atoms with E-state index in [2.05, 4.69) is 27.7 Å². The highest BCUT2D eigenvalue weighted by atomic mass is 16.5. The van der Waals surface area contributed by atoms with E-state index in [1.54, 1.807) is 0 Å². The Hall–Kier alpha value is -1.19. The fourth-order valence-corrected chi connectivity index (χ4v) is 8.99. The summed E-state index contributed by atoms with van der Waals surface area (Å²) < 4.78 is 5.23. The smallest absolute Gasteiger partial charge is 0.313 e. The molecule has 30 heavy (non-hydrogen) atoms. The largest absolute Gasteiger partial charge is 0.469 e. The van der Waals surface area contributed by atoms with Crippen LogP contribution in [0.4, 0.5) is 0 Å². The fraction of sp³-hybridized carbons (Fsp3) is 0.885. The first kappa shape index (κ1) is 22.0. The van der Waals surface area contributed by atoms with Gasteiger partial charge in [-0.2, -0.15) is 0 Å². The molecule has 0 N–H and O–H groups in total. The van der Waals surface area contributed by atoms with E-state index in [0.717, 1.165) is 19.3 Å². The van der Waals surface area contributed by atoms with Crippen molar-refractivity contribution in [2.75, 3.05) is 7.11 Å². The molecule has 1 unspecified atom stereocenters. The molecule has 0 aromatic heterocycles. The molecule has 0 saturated heterocycles. The third-order valence-electron chi connectivity index (χ3n) is 10.5. The predicted octanol–water partition coefficient (Wildman–Crippen LogP) is 5.37. The summed E-state index contributed by atoms with van der Waals surface area (Å²) in [5.41, 5.74) is -1.03. The number of hydrogen-bond acceptors (Lipinski definition) is 4. The normalized spacial score (nSPS) is 46.6. The van der Waals surface area contributed by atoms with Gasteiger partial charge in [0.25, 0.3) is 0 Å². The molecule has 0 aliphatic heterocycles. The van der Waals surface area contributed by atoms with Crippen LogP contribution in [0, 0.1) is 45.8 Å². The molecule has 0 heterocycles. The molecular formula is C26H40O4. The highest BCUT2D eigenvalue weighted by molar-refractivity contribution is 5.96. The third-order valence-corrected chi connectivity index (χ3v) is 10.5. The Bertz CT molecular complexity index is 743. The van der Waals surface area contributed by atoms with Crippen molar-refractivity contribution in [2.45, 2.75) is 91.9 Å². The van der Waals surface area contributed by atoms with Crippen molar-refractivity contribution in [2.24, 2.45) is 45.8 Å². The summed E-state index contributed by atoms with van der Waals surface area (Å²) in [6.07, 6.45) is 8.64. The molecule has 4 fully saturated rings. The summed E-state index contributed by atoms with van der Waals surface area (Å²) in [7, 11) is 1.40. The molecule has 4 aliphatic carbocycles. The first-order chi connectivity index (χ1) is 14.1. The van der Waals surface area contributed by atoms with Crippen molar-refractivity contribution in [3.8, 4) is 0 Å². The SMILES string of the molecule is CCC[C@@H](C)[C@H]1CC[C@H]2[C@@H]3C(=O)CC4(C(=O)OC)CC(=O)CC[C@]4(C)[C@H]3CC[C@]12C. The summed E-state index contributed by atoms with van der Waals surface area (Å²) in [6, 6.07) is 0. The van der Waals surface area contributed by atoms with Gasteiger partial charge in [-0.1, -0.05) is 40.5 Å². The monoisotopic (exact) mass is 416 g/mol. The highest BCUT2D eigenvalue weighted by Gasteiger charge is 2.70. The van der Waals surface area contributed by atoms with Crippen LogP contribution in [0.25, 0.3) is 0 Å². The maximum Gasteiger partial charge on any atom is 0.313 e. The molecule has 4 aliphatic rings. The van der Waals surface area contributed by atoms with Crippen molar-refractivity contribution < 1.29 is 19.1 Å². The summed E-state index contributed by atoms with van der Waals surface area (Å²) >= 11 is 0. The van der Waals surface area contributed by atoms with Crippen LogP contribution < -0.4 is 0 Å². The average Bonchev–Trinajstić information content (AvgIpc) is 3.06. The summed E-state index contributed by atoms with van der Waals surface area (Å²) in [5.74, 6) is 2.10. The lowest BCUT2D eigenvalue weighted by Crippen LogP contribution is -2.64. The summed E-state index contributed by atoms with van der Waals surface area (Å²) in [5, 5.41) is 0. The molecule has 4 saturated carbocycles. The second-order valence-electron chi connectivity index (χ2n) is 11.6. The Morgan fingerprint density at radius 1 is 1.10 bits per heavy atom. The topological polar surface area (TPSA) is 60.4 Å². The number of ether oxygens (including phenoxy) is 1. The zero-order chi connectivity index (χ0) is 21.9. The van der Waals surface area contributed by atoms with Crippen LogP contribution in [0.1, 0.15) is 91.9 Å². The zero-order valence-corrected chi connectivity index (χ0v) is 19.6. The van der Waals surface area contributed by atoms with Gasteiger partial charge in [-0.05, 0) is 66.6 Å².